The first-order valence-electron chi connectivity index (χ1n) is 12.8. The van der Waals surface area contributed by atoms with Gasteiger partial charge in [0.25, 0.3) is 0 Å². The number of rotatable bonds is 7. The number of anilines is 2. The van der Waals surface area contributed by atoms with Gasteiger partial charge >= 0.3 is 6.01 Å². The van der Waals surface area contributed by atoms with Crippen molar-refractivity contribution < 1.29 is 13.9 Å². The van der Waals surface area contributed by atoms with Gasteiger partial charge in [0.05, 0.1) is 39.1 Å². The van der Waals surface area contributed by atoms with Crippen LogP contribution in [0.15, 0.2) is 54.9 Å². The first kappa shape index (κ1) is 27.6. The lowest BCUT2D eigenvalue weighted by molar-refractivity contribution is -0.116. The molecule has 3 aromatic heterocycles. The zero-order chi connectivity index (χ0) is 29.3. The van der Waals surface area contributed by atoms with Gasteiger partial charge in [-0.2, -0.15) is 10.2 Å². The van der Waals surface area contributed by atoms with Gasteiger partial charge in [0.15, 0.2) is 11.6 Å². The number of nitrogens with zero attached hydrogens (tertiary/aromatic N) is 5. The van der Waals surface area contributed by atoms with Crippen LogP contribution in [0.5, 0.6) is 11.8 Å². The summed E-state index contributed by atoms with van der Waals surface area (Å²) in [7, 11) is 1.81. The lowest BCUT2D eigenvalue weighted by Gasteiger charge is -2.12. The summed E-state index contributed by atoms with van der Waals surface area (Å²) in [6.45, 7) is 3.63. The van der Waals surface area contributed by atoms with Crippen molar-refractivity contribution in [2.24, 2.45) is 7.05 Å². The molecule has 0 spiro atoms. The summed E-state index contributed by atoms with van der Waals surface area (Å²) in [4.78, 5) is 24.4. The minimum atomic E-state index is -0.654. The molecular formula is C30H25ClFN7O2. The summed E-state index contributed by atoms with van der Waals surface area (Å²) in [6.07, 6.45) is 3.97. The van der Waals surface area contributed by atoms with Crippen LogP contribution in [0.3, 0.4) is 0 Å². The van der Waals surface area contributed by atoms with Gasteiger partial charge in [0.1, 0.15) is 11.9 Å². The molecule has 3 N–H and O–H groups in total. The number of carbonyl (C=O) groups excluding carboxylic acids is 1. The van der Waals surface area contributed by atoms with Crippen LogP contribution in [0, 0.1) is 24.1 Å². The minimum absolute atomic E-state index is 0.0392. The van der Waals surface area contributed by atoms with E-state index in [0.29, 0.717) is 56.1 Å². The molecule has 3 heterocycles. The molecule has 0 atom stereocenters. The Morgan fingerprint density at radius 1 is 1.17 bits per heavy atom. The van der Waals surface area contributed by atoms with Crippen molar-refractivity contribution in [3.8, 4) is 40.2 Å². The van der Waals surface area contributed by atoms with Crippen molar-refractivity contribution in [3.05, 3.63) is 77.0 Å². The van der Waals surface area contributed by atoms with Crippen molar-refractivity contribution in [1.29, 1.82) is 5.26 Å². The fourth-order valence-corrected chi connectivity index (χ4v) is 4.78. The van der Waals surface area contributed by atoms with E-state index in [4.69, 9.17) is 22.1 Å². The average molecular weight is 570 g/mol. The number of halogens is 2. The Morgan fingerprint density at radius 2 is 1.90 bits per heavy atom. The summed E-state index contributed by atoms with van der Waals surface area (Å²) in [6, 6.07) is 13.9. The molecule has 0 saturated heterocycles. The van der Waals surface area contributed by atoms with E-state index in [1.807, 2.05) is 30.7 Å². The highest BCUT2D eigenvalue weighted by atomic mass is 35.5. The summed E-state index contributed by atoms with van der Waals surface area (Å²) >= 11 is 5.99. The molecule has 0 bridgehead atoms. The van der Waals surface area contributed by atoms with Gasteiger partial charge in [-0.25, -0.2) is 14.4 Å². The quantitative estimate of drug-likeness (QED) is 0.221. The fourth-order valence-electron chi connectivity index (χ4n) is 4.69. The van der Waals surface area contributed by atoms with E-state index < -0.39 is 5.82 Å². The van der Waals surface area contributed by atoms with Crippen LogP contribution >= 0.6 is 11.6 Å². The monoisotopic (exact) mass is 569 g/mol. The Bertz CT molecular complexity index is 1850. The van der Waals surface area contributed by atoms with E-state index in [2.05, 4.69) is 26.3 Å². The maximum atomic E-state index is 15.5. The van der Waals surface area contributed by atoms with E-state index in [1.54, 1.807) is 25.1 Å². The predicted molar refractivity (Wildman–Crippen MR) is 156 cm³/mol. The molecule has 41 heavy (non-hydrogen) atoms. The van der Waals surface area contributed by atoms with Gasteiger partial charge in [-0.15, -0.1) is 0 Å². The van der Waals surface area contributed by atoms with E-state index in [-0.39, 0.29) is 23.5 Å². The normalized spacial score (nSPS) is 10.9. The largest absolute Gasteiger partial charge is 0.421 e. The van der Waals surface area contributed by atoms with Gasteiger partial charge in [-0.3, -0.25) is 4.79 Å². The number of benzene rings is 2. The number of ether oxygens (including phenoxy) is 1. The number of nitriles is 1. The van der Waals surface area contributed by atoms with Crippen LogP contribution in [0.2, 0.25) is 5.02 Å². The second kappa shape index (κ2) is 11.2. The highest BCUT2D eigenvalue weighted by Crippen LogP contribution is 2.44. The van der Waals surface area contributed by atoms with Gasteiger partial charge in [-0.1, -0.05) is 36.7 Å². The number of nitrogens with one attached hydrogen (secondary N) is 1. The van der Waals surface area contributed by atoms with Gasteiger partial charge in [0.2, 0.25) is 5.91 Å². The number of nitrogens with two attached hydrogens (primary N) is 1. The lowest BCUT2D eigenvalue weighted by Crippen LogP contribution is -2.10. The van der Waals surface area contributed by atoms with Crippen LogP contribution in [-0.2, 0) is 11.8 Å². The van der Waals surface area contributed by atoms with E-state index in [0.717, 1.165) is 12.0 Å². The minimum Gasteiger partial charge on any atom is -0.421 e. The molecule has 1 amide bonds. The second-order valence-corrected chi connectivity index (χ2v) is 9.79. The molecule has 0 unspecified atom stereocenters. The number of aromatic nitrogens is 4. The third-order valence-corrected chi connectivity index (χ3v) is 6.97. The maximum Gasteiger partial charge on any atom is 0.322 e. The van der Waals surface area contributed by atoms with Crippen molar-refractivity contribution in [2.75, 3.05) is 11.1 Å². The molecule has 2 aromatic carbocycles. The smallest absolute Gasteiger partial charge is 0.322 e. The van der Waals surface area contributed by atoms with Gasteiger partial charge < -0.3 is 20.4 Å². The highest BCUT2D eigenvalue weighted by Gasteiger charge is 2.24. The number of aryl methyl sites for hydroxylation is 2. The first-order valence-corrected chi connectivity index (χ1v) is 13.1. The molecule has 0 aliphatic carbocycles. The summed E-state index contributed by atoms with van der Waals surface area (Å²) < 4.78 is 22.9. The third kappa shape index (κ3) is 5.27. The number of amides is 1. The summed E-state index contributed by atoms with van der Waals surface area (Å²) in [5, 5.41) is 13.6. The molecule has 9 nitrogen and oxygen atoms in total. The Hall–Kier alpha value is -5.01. The molecule has 206 valence electrons. The Kier molecular flexibility index (Phi) is 7.55. The Labute approximate surface area is 240 Å². The van der Waals surface area contributed by atoms with E-state index in [1.165, 1.54) is 24.5 Å². The molecule has 0 fully saturated rings. The van der Waals surface area contributed by atoms with Crippen LogP contribution in [0.25, 0.3) is 33.3 Å². The van der Waals surface area contributed by atoms with Crippen molar-refractivity contribution in [2.45, 2.75) is 26.7 Å². The third-order valence-electron chi connectivity index (χ3n) is 6.60. The molecule has 0 aliphatic rings. The predicted octanol–water partition coefficient (Wildman–Crippen LogP) is 6.78. The summed E-state index contributed by atoms with van der Waals surface area (Å²) in [5.41, 5.74) is 10.9. The van der Waals surface area contributed by atoms with Crippen LogP contribution < -0.4 is 15.8 Å². The second-order valence-electron chi connectivity index (χ2n) is 9.38. The van der Waals surface area contributed by atoms with Gasteiger partial charge in [-0.05, 0) is 48.7 Å². The summed E-state index contributed by atoms with van der Waals surface area (Å²) in [5.74, 6) is -0.600. The maximum absolute atomic E-state index is 15.5. The van der Waals surface area contributed by atoms with E-state index >= 15 is 4.39 Å². The zero-order valence-electron chi connectivity index (χ0n) is 22.5. The SMILES string of the molecule is CCCC(=O)Nc1ccc(-c2c(-c3ccc(Oc4ncc(Cl)c(C)n4)c(F)c3)c3c(N)ncc(C#N)c3n2C)cc1. The number of fused-ring (bicyclic) bond motifs is 1. The van der Waals surface area contributed by atoms with Crippen LogP contribution in [-0.4, -0.2) is 25.4 Å². The zero-order valence-corrected chi connectivity index (χ0v) is 23.3. The lowest BCUT2D eigenvalue weighted by atomic mass is 9.97. The van der Waals surface area contributed by atoms with Gasteiger partial charge in [0, 0.05) is 30.9 Å². The van der Waals surface area contributed by atoms with E-state index in [9.17, 15) is 10.1 Å². The molecule has 0 radical (unpaired) electrons. The molecule has 5 rings (SSSR count). The van der Waals surface area contributed by atoms with Crippen LogP contribution in [0.4, 0.5) is 15.9 Å². The first-order chi connectivity index (χ1) is 19.7. The fraction of sp³-hybridized carbons (Fsp3) is 0.167. The molecule has 0 aliphatic heterocycles. The molecule has 5 aromatic rings. The average Bonchev–Trinajstić information content (AvgIpc) is 3.26. The molecule has 0 saturated carbocycles. The van der Waals surface area contributed by atoms with Crippen molar-refractivity contribution >= 4 is 39.9 Å². The Morgan fingerprint density at radius 3 is 2.56 bits per heavy atom. The standard InChI is InChI=1S/C30H25ClFN7O2/c1-4-5-24(40)38-20-9-6-17(7-10-20)27-25(26-28(39(27)3)19(13-33)14-35-29(26)34)18-8-11-23(22(32)12-18)41-30-36-15-21(31)16(2)37-30/h6-12,14-15H,4-5H2,1-3H3,(H2,34,35)(H,38,40). The van der Waals surface area contributed by atoms with Crippen LogP contribution in [0.1, 0.15) is 31.0 Å². The number of pyridine rings is 1. The number of hydrogen-bond acceptors (Lipinski definition) is 7. The van der Waals surface area contributed by atoms with Crippen molar-refractivity contribution in [3.63, 3.8) is 0 Å². The van der Waals surface area contributed by atoms with Crippen molar-refractivity contribution in [1.82, 2.24) is 19.5 Å². The number of nitrogen functional groups attached to an aromatic ring is 1. The number of carbonyl (C=O) groups is 1. The molecular weight excluding hydrogens is 545 g/mol. The highest BCUT2D eigenvalue weighted by molar-refractivity contribution is 6.31. The topological polar surface area (TPSA) is 132 Å². The number of hydrogen-bond donors (Lipinski definition) is 2. The Balaban J connectivity index is 1.64. The molecule has 11 heteroatoms.